The number of thiazole rings is 1. The summed E-state index contributed by atoms with van der Waals surface area (Å²) < 4.78 is 1.05. The molecule has 1 aliphatic rings. The number of benzene rings is 1. The molecule has 18 heavy (non-hydrogen) atoms. The van der Waals surface area contributed by atoms with Crippen LogP contribution in [0.4, 0.5) is 5.69 Å². The Morgan fingerprint density at radius 3 is 2.78 bits per heavy atom. The van der Waals surface area contributed by atoms with Crippen LogP contribution in [0.1, 0.15) is 11.7 Å². The van der Waals surface area contributed by atoms with Crippen LogP contribution in [-0.4, -0.2) is 17.5 Å². The Hall–Kier alpha value is -1.40. The molecule has 6 heteroatoms. The maximum absolute atomic E-state index is 5.99. The van der Waals surface area contributed by atoms with Crippen LogP contribution in [0.25, 0.3) is 0 Å². The maximum Gasteiger partial charge on any atom is 0.196 e. The van der Waals surface area contributed by atoms with Crippen molar-refractivity contribution in [2.75, 3.05) is 11.4 Å². The molecule has 1 unspecified atom stereocenters. The molecule has 1 aliphatic heterocycles. The van der Waals surface area contributed by atoms with Gasteiger partial charge in [0.2, 0.25) is 0 Å². The molecule has 2 aromatic rings. The lowest BCUT2D eigenvalue weighted by Crippen LogP contribution is -2.36. The zero-order valence-electron chi connectivity index (χ0n) is 9.45. The molecule has 3 rings (SSSR count). The van der Waals surface area contributed by atoms with Gasteiger partial charge < -0.3 is 10.6 Å². The van der Waals surface area contributed by atoms with Crippen molar-refractivity contribution < 1.29 is 0 Å². The number of aliphatic imine (C=N–C) groups is 1. The van der Waals surface area contributed by atoms with Crippen molar-refractivity contribution in [3.05, 3.63) is 45.3 Å². The Balaban J connectivity index is 1.97. The lowest BCUT2D eigenvalue weighted by molar-refractivity contribution is 0.746. The molecule has 0 aliphatic carbocycles. The second-order valence-corrected chi connectivity index (χ2v) is 5.61. The van der Waals surface area contributed by atoms with E-state index in [0.29, 0.717) is 12.5 Å². The van der Waals surface area contributed by atoms with Gasteiger partial charge in [-0.15, -0.1) is 11.3 Å². The van der Waals surface area contributed by atoms with Gasteiger partial charge in [-0.1, -0.05) is 15.9 Å². The molecule has 1 aromatic carbocycles. The standard InChI is InChI=1S/C12H11BrN4S/c13-8-1-3-9(4-2-8)17-11(5-15-12(17)14)10-6-18-7-16-10/h1-4,6-7,11H,5H2,(H2,14,15). The minimum absolute atomic E-state index is 0.109. The largest absolute Gasteiger partial charge is 0.369 e. The minimum Gasteiger partial charge on any atom is -0.369 e. The van der Waals surface area contributed by atoms with Crippen LogP contribution in [0.3, 0.4) is 0 Å². The van der Waals surface area contributed by atoms with E-state index in [2.05, 4.69) is 25.9 Å². The molecule has 0 saturated carbocycles. The third kappa shape index (κ3) is 2.02. The molecule has 0 saturated heterocycles. The summed E-state index contributed by atoms with van der Waals surface area (Å²) in [6, 6.07) is 8.16. The number of guanidine groups is 1. The van der Waals surface area contributed by atoms with E-state index in [1.165, 1.54) is 0 Å². The van der Waals surface area contributed by atoms with Gasteiger partial charge in [0.15, 0.2) is 5.96 Å². The lowest BCUT2D eigenvalue weighted by atomic mass is 10.2. The number of rotatable bonds is 2. The normalized spacial score (nSPS) is 19.1. The van der Waals surface area contributed by atoms with Crippen LogP contribution in [0.2, 0.25) is 0 Å². The van der Waals surface area contributed by atoms with Crippen LogP contribution in [0, 0.1) is 0 Å². The van der Waals surface area contributed by atoms with Gasteiger partial charge in [0.25, 0.3) is 0 Å². The molecule has 2 N–H and O–H groups in total. The molecule has 1 atom stereocenters. The molecular weight excluding hydrogens is 312 g/mol. The second kappa shape index (κ2) is 4.70. The highest BCUT2D eigenvalue weighted by Crippen LogP contribution is 2.31. The number of anilines is 1. The van der Waals surface area contributed by atoms with Gasteiger partial charge in [-0.25, -0.2) is 4.98 Å². The fraction of sp³-hybridized carbons (Fsp3) is 0.167. The van der Waals surface area contributed by atoms with Crippen LogP contribution < -0.4 is 10.6 Å². The van der Waals surface area contributed by atoms with Crippen LogP contribution >= 0.6 is 27.3 Å². The zero-order chi connectivity index (χ0) is 12.5. The van der Waals surface area contributed by atoms with E-state index >= 15 is 0 Å². The third-order valence-corrected chi connectivity index (χ3v) is 4.02. The lowest BCUT2D eigenvalue weighted by Gasteiger charge is -2.25. The van der Waals surface area contributed by atoms with Gasteiger partial charge in [0, 0.05) is 15.5 Å². The Kier molecular flexibility index (Phi) is 3.05. The Morgan fingerprint density at radius 1 is 1.33 bits per heavy atom. The highest BCUT2D eigenvalue weighted by Gasteiger charge is 2.29. The number of nitrogens with two attached hydrogens (primary N) is 1. The van der Waals surface area contributed by atoms with E-state index in [-0.39, 0.29) is 6.04 Å². The van der Waals surface area contributed by atoms with Crippen molar-refractivity contribution in [3.8, 4) is 0 Å². The number of halogens is 1. The smallest absolute Gasteiger partial charge is 0.196 e. The monoisotopic (exact) mass is 322 g/mol. The van der Waals surface area contributed by atoms with Crippen molar-refractivity contribution >= 4 is 38.9 Å². The van der Waals surface area contributed by atoms with E-state index in [1.807, 2.05) is 40.1 Å². The van der Waals surface area contributed by atoms with Gasteiger partial charge in [-0.2, -0.15) is 0 Å². The van der Waals surface area contributed by atoms with E-state index in [1.54, 1.807) is 11.3 Å². The van der Waals surface area contributed by atoms with Gasteiger partial charge in [-0.3, -0.25) is 4.99 Å². The summed E-state index contributed by atoms with van der Waals surface area (Å²) in [7, 11) is 0. The van der Waals surface area contributed by atoms with Crippen molar-refractivity contribution in [2.24, 2.45) is 10.7 Å². The summed E-state index contributed by atoms with van der Waals surface area (Å²) in [4.78, 5) is 10.7. The number of aromatic nitrogens is 1. The van der Waals surface area contributed by atoms with E-state index in [4.69, 9.17) is 5.73 Å². The van der Waals surface area contributed by atoms with Gasteiger partial charge >= 0.3 is 0 Å². The van der Waals surface area contributed by atoms with E-state index in [9.17, 15) is 0 Å². The number of nitrogens with zero attached hydrogens (tertiary/aromatic N) is 3. The van der Waals surface area contributed by atoms with Crippen LogP contribution in [0.15, 0.2) is 44.6 Å². The minimum atomic E-state index is 0.109. The third-order valence-electron chi connectivity index (χ3n) is 2.88. The Morgan fingerprint density at radius 2 is 2.11 bits per heavy atom. The molecule has 2 heterocycles. The van der Waals surface area contributed by atoms with Crippen molar-refractivity contribution in [2.45, 2.75) is 6.04 Å². The van der Waals surface area contributed by atoms with Crippen LogP contribution in [-0.2, 0) is 0 Å². The Labute approximate surface area is 117 Å². The first-order chi connectivity index (χ1) is 8.75. The topological polar surface area (TPSA) is 54.5 Å². The summed E-state index contributed by atoms with van der Waals surface area (Å²) in [6.45, 7) is 0.658. The zero-order valence-corrected chi connectivity index (χ0v) is 11.9. The highest BCUT2D eigenvalue weighted by molar-refractivity contribution is 9.10. The highest BCUT2D eigenvalue weighted by atomic mass is 79.9. The molecule has 92 valence electrons. The molecule has 1 aromatic heterocycles. The summed E-state index contributed by atoms with van der Waals surface area (Å²) in [6.07, 6.45) is 0. The molecule has 0 fully saturated rings. The molecule has 0 spiro atoms. The average Bonchev–Trinajstić information content (AvgIpc) is 2.99. The second-order valence-electron chi connectivity index (χ2n) is 3.97. The SMILES string of the molecule is NC1=NCC(c2cscn2)N1c1ccc(Br)cc1. The first kappa shape index (κ1) is 11.7. The predicted octanol–water partition coefficient (Wildman–Crippen LogP) is 2.78. The molecular formula is C12H11BrN4S. The van der Waals surface area contributed by atoms with Crippen molar-refractivity contribution in [3.63, 3.8) is 0 Å². The first-order valence-corrected chi connectivity index (χ1v) is 7.22. The summed E-state index contributed by atoms with van der Waals surface area (Å²) >= 11 is 5.02. The number of hydrogen-bond acceptors (Lipinski definition) is 5. The van der Waals surface area contributed by atoms with Crippen molar-refractivity contribution in [1.29, 1.82) is 0 Å². The predicted molar refractivity (Wildman–Crippen MR) is 78.0 cm³/mol. The van der Waals surface area contributed by atoms with E-state index < -0.39 is 0 Å². The fourth-order valence-electron chi connectivity index (χ4n) is 2.02. The first-order valence-electron chi connectivity index (χ1n) is 5.48. The van der Waals surface area contributed by atoms with Gasteiger partial charge in [0.05, 0.1) is 23.8 Å². The fourth-order valence-corrected chi connectivity index (χ4v) is 2.89. The van der Waals surface area contributed by atoms with Crippen molar-refractivity contribution in [1.82, 2.24) is 4.98 Å². The van der Waals surface area contributed by atoms with Gasteiger partial charge in [0.1, 0.15) is 0 Å². The number of hydrogen-bond donors (Lipinski definition) is 1. The summed E-state index contributed by atoms with van der Waals surface area (Å²) in [5.41, 5.74) is 9.88. The van der Waals surface area contributed by atoms with Gasteiger partial charge in [-0.05, 0) is 24.3 Å². The quantitative estimate of drug-likeness (QED) is 0.925. The van der Waals surface area contributed by atoms with Crippen LogP contribution in [0.5, 0.6) is 0 Å². The summed E-state index contributed by atoms with van der Waals surface area (Å²) in [5.74, 6) is 0.551. The average molecular weight is 323 g/mol. The summed E-state index contributed by atoms with van der Waals surface area (Å²) in [5, 5.41) is 2.05. The van der Waals surface area contributed by atoms with E-state index in [0.717, 1.165) is 15.9 Å². The molecule has 0 amide bonds. The molecule has 4 nitrogen and oxygen atoms in total. The molecule has 0 bridgehead atoms. The molecule has 0 radical (unpaired) electrons. The Bertz CT molecular complexity index is 564. The maximum atomic E-state index is 5.99.